The maximum atomic E-state index is 5.25. The van der Waals surface area contributed by atoms with Crippen LogP contribution in [0.3, 0.4) is 0 Å². The maximum Gasteiger partial charge on any atom is 0.0737 e. The largest absolute Gasteiger partial charge is 0.354 e. The van der Waals surface area contributed by atoms with Crippen molar-refractivity contribution in [3.8, 4) is 45.0 Å². The number of H-pyrrole nitrogens is 2. The Bertz CT molecular complexity index is 2270. The number of rotatable bonds is 0. The van der Waals surface area contributed by atoms with E-state index in [0.29, 0.717) is 0 Å². The van der Waals surface area contributed by atoms with Gasteiger partial charge in [0.05, 0.1) is 22.8 Å². The molecule has 42 heavy (non-hydrogen) atoms. The van der Waals surface area contributed by atoms with Gasteiger partial charge >= 0.3 is 0 Å². The lowest BCUT2D eigenvalue weighted by Gasteiger charge is -2.05. The molecular weight excluding hydrogens is 512 g/mol. The third-order valence-electron chi connectivity index (χ3n) is 8.82. The molecule has 2 aliphatic rings. The number of fused-ring (bicyclic) bond motifs is 20. The van der Waals surface area contributed by atoms with Crippen LogP contribution < -0.4 is 0 Å². The van der Waals surface area contributed by atoms with Crippen molar-refractivity contribution in [2.75, 3.05) is 0 Å². The summed E-state index contributed by atoms with van der Waals surface area (Å²) in [6.45, 7) is 4.35. The molecule has 0 saturated carbocycles. The van der Waals surface area contributed by atoms with Gasteiger partial charge in [0, 0.05) is 65.9 Å². The molecule has 2 aliphatic heterocycles. The summed E-state index contributed by atoms with van der Waals surface area (Å²) < 4.78 is 0. The first-order valence-electron chi connectivity index (χ1n) is 14.3. The third-order valence-corrected chi connectivity index (χ3v) is 8.82. The van der Waals surface area contributed by atoms with Gasteiger partial charge in [-0.1, -0.05) is 72.8 Å². The van der Waals surface area contributed by atoms with Gasteiger partial charge in [-0.2, -0.15) is 0 Å². The zero-order valence-corrected chi connectivity index (χ0v) is 23.3. The van der Waals surface area contributed by atoms with Crippen molar-refractivity contribution in [2.24, 2.45) is 0 Å². The Morgan fingerprint density at radius 3 is 1.05 bits per heavy atom. The molecule has 0 fully saturated rings. The number of nitrogens with one attached hydrogen (secondary N) is 2. The summed E-state index contributed by atoms with van der Waals surface area (Å²) in [4.78, 5) is 17.9. The van der Waals surface area contributed by atoms with Gasteiger partial charge in [-0.15, -0.1) is 0 Å². The zero-order chi connectivity index (χ0) is 27.9. The fourth-order valence-electron chi connectivity index (χ4n) is 6.58. The van der Waals surface area contributed by atoms with E-state index in [2.05, 4.69) is 133 Å². The number of aromatic amines is 2. The van der Waals surface area contributed by atoms with E-state index in [4.69, 9.17) is 9.97 Å². The minimum absolute atomic E-state index is 0.954. The Morgan fingerprint density at radius 2 is 0.690 bits per heavy atom. The summed E-state index contributed by atoms with van der Waals surface area (Å²) in [6, 6.07) is 38.9. The molecule has 0 amide bonds. The smallest absolute Gasteiger partial charge is 0.0737 e. The van der Waals surface area contributed by atoms with Crippen LogP contribution in [0, 0.1) is 13.8 Å². The minimum Gasteiger partial charge on any atom is -0.354 e. The summed E-state index contributed by atoms with van der Waals surface area (Å²) >= 11 is 0. The van der Waals surface area contributed by atoms with Crippen LogP contribution >= 0.6 is 0 Å². The lowest BCUT2D eigenvalue weighted by Crippen LogP contribution is -1.84. The monoisotopic (exact) mass is 538 g/mol. The SMILES string of the molecule is Cc1cc2c(cc1C)-c1cc3[nH]c(cc4nc(cc5[nH]c(cc-2n1)c1ccccc51)-c1ccccc1-4)c1ccccc31. The first-order chi connectivity index (χ1) is 20.6. The summed E-state index contributed by atoms with van der Waals surface area (Å²) in [5, 5.41) is 4.67. The molecule has 4 nitrogen and oxygen atoms in total. The molecule has 5 heterocycles. The topological polar surface area (TPSA) is 57.4 Å². The molecule has 0 aliphatic carbocycles. The number of nitrogens with zero attached hydrogens (tertiary/aromatic N) is 2. The van der Waals surface area contributed by atoms with Crippen LogP contribution in [0.2, 0.25) is 0 Å². The van der Waals surface area contributed by atoms with E-state index in [9.17, 15) is 0 Å². The molecule has 0 atom stereocenters. The van der Waals surface area contributed by atoms with E-state index in [1.54, 1.807) is 0 Å². The number of aryl methyl sites for hydroxylation is 2. The van der Waals surface area contributed by atoms with Crippen molar-refractivity contribution in [3.05, 3.63) is 120 Å². The molecule has 0 spiro atoms. The molecule has 3 aromatic heterocycles. The van der Waals surface area contributed by atoms with E-state index in [1.807, 2.05) is 0 Å². The summed E-state index contributed by atoms with van der Waals surface area (Å²) in [7, 11) is 0. The predicted molar refractivity (Wildman–Crippen MR) is 174 cm³/mol. The molecule has 198 valence electrons. The van der Waals surface area contributed by atoms with Crippen LogP contribution in [-0.4, -0.2) is 19.9 Å². The Kier molecular flexibility index (Phi) is 4.71. The van der Waals surface area contributed by atoms with Crippen LogP contribution in [0.25, 0.3) is 88.6 Å². The summed E-state index contributed by atoms with van der Waals surface area (Å²) in [5.41, 5.74) is 15.1. The highest BCUT2D eigenvalue weighted by atomic mass is 14.8. The van der Waals surface area contributed by atoms with Crippen molar-refractivity contribution in [2.45, 2.75) is 13.8 Å². The van der Waals surface area contributed by atoms with Crippen molar-refractivity contribution >= 4 is 43.6 Å². The third kappa shape index (κ3) is 3.36. The van der Waals surface area contributed by atoms with Crippen molar-refractivity contribution in [1.82, 2.24) is 19.9 Å². The standard InChI is InChI=1S/C38H26N4/c1-21-15-29-30(16-22(21)2)38-20-36-28-14-8-6-12-26(28)34(41-36)18-32-24-10-4-3-9-23(24)31(39-32)17-33-25-11-5-7-13-27(25)35(40-33)19-37(29)42-38/h3-20,40-41H,1-2H3. The molecule has 9 rings (SSSR count). The van der Waals surface area contributed by atoms with E-state index in [0.717, 1.165) is 67.1 Å². The second kappa shape index (κ2) is 8.51. The van der Waals surface area contributed by atoms with Gasteiger partial charge < -0.3 is 9.97 Å². The van der Waals surface area contributed by atoms with Crippen LogP contribution in [0.5, 0.6) is 0 Å². The number of hydrogen-bond acceptors (Lipinski definition) is 2. The fourth-order valence-corrected chi connectivity index (χ4v) is 6.58. The van der Waals surface area contributed by atoms with Gasteiger partial charge in [0.2, 0.25) is 0 Å². The van der Waals surface area contributed by atoms with Crippen LogP contribution in [0.15, 0.2) is 109 Å². The first kappa shape index (κ1) is 23.2. The molecule has 0 unspecified atom stereocenters. The Balaban J connectivity index is 1.51. The van der Waals surface area contributed by atoms with E-state index in [-0.39, 0.29) is 0 Å². The highest BCUT2D eigenvalue weighted by molar-refractivity contribution is 6.10. The van der Waals surface area contributed by atoms with Crippen molar-refractivity contribution < 1.29 is 0 Å². The quantitative estimate of drug-likeness (QED) is 0.202. The van der Waals surface area contributed by atoms with Crippen LogP contribution in [0.4, 0.5) is 0 Å². The predicted octanol–water partition coefficient (Wildman–Crippen LogP) is 9.91. The molecule has 0 saturated heterocycles. The summed E-state index contributed by atoms with van der Waals surface area (Å²) in [6.07, 6.45) is 0. The van der Waals surface area contributed by atoms with Crippen molar-refractivity contribution in [1.29, 1.82) is 0 Å². The molecule has 4 heteroatoms. The molecule has 7 aromatic rings. The lowest BCUT2D eigenvalue weighted by atomic mass is 9.98. The number of aromatic nitrogens is 4. The summed E-state index contributed by atoms with van der Waals surface area (Å²) in [5.74, 6) is 0. The highest BCUT2D eigenvalue weighted by Gasteiger charge is 2.20. The van der Waals surface area contributed by atoms with Gasteiger partial charge in [0.15, 0.2) is 0 Å². The van der Waals surface area contributed by atoms with E-state index < -0.39 is 0 Å². The van der Waals surface area contributed by atoms with Crippen molar-refractivity contribution in [3.63, 3.8) is 0 Å². The molecular formula is C38H26N4. The molecule has 8 bridgehead atoms. The highest BCUT2D eigenvalue weighted by Crippen LogP contribution is 2.41. The molecule has 2 N–H and O–H groups in total. The Labute approximate surface area is 242 Å². The van der Waals surface area contributed by atoms with Gasteiger partial charge in [-0.3, -0.25) is 0 Å². The van der Waals surface area contributed by atoms with Gasteiger partial charge in [-0.05, 0) is 61.4 Å². The second-order valence-corrected chi connectivity index (χ2v) is 11.4. The van der Waals surface area contributed by atoms with Gasteiger partial charge in [0.1, 0.15) is 0 Å². The first-order valence-corrected chi connectivity index (χ1v) is 14.3. The fraction of sp³-hybridized carbons (Fsp3) is 0.0526. The number of hydrogen-bond donors (Lipinski definition) is 2. The maximum absolute atomic E-state index is 5.25. The minimum atomic E-state index is 0.954. The average molecular weight is 539 g/mol. The molecule has 4 aromatic carbocycles. The normalized spacial score (nSPS) is 12.0. The second-order valence-electron chi connectivity index (χ2n) is 11.4. The Morgan fingerprint density at radius 1 is 0.381 bits per heavy atom. The van der Waals surface area contributed by atoms with Crippen LogP contribution in [0.1, 0.15) is 11.1 Å². The molecule has 0 radical (unpaired) electrons. The van der Waals surface area contributed by atoms with Gasteiger partial charge in [0.25, 0.3) is 0 Å². The zero-order valence-electron chi connectivity index (χ0n) is 23.3. The van der Waals surface area contributed by atoms with Crippen LogP contribution in [-0.2, 0) is 0 Å². The number of benzene rings is 4. The Hall–Kier alpha value is -5.48. The lowest BCUT2D eigenvalue weighted by molar-refractivity contribution is 1.35. The van der Waals surface area contributed by atoms with E-state index in [1.165, 1.54) is 32.7 Å². The van der Waals surface area contributed by atoms with Gasteiger partial charge in [-0.25, -0.2) is 9.97 Å². The van der Waals surface area contributed by atoms with E-state index >= 15 is 0 Å². The average Bonchev–Trinajstić information content (AvgIpc) is 3.73.